The van der Waals surface area contributed by atoms with E-state index in [4.69, 9.17) is 4.74 Å². The zero-order valence-corrected chi connectivity index (χ0v) is 16.9. The van der Waals surface area contributed by atoms with Gasteiger partial charge in [-0.3, -0.25) is 4.90 Å². The van der Waals surface area contributed by atoms with Gasteiger partial charge < -0.3 is 20.3 Å². The molecule has 1 saturated heterocycles. The first kappa shape index (κ1) is 20.0. The highest BCUT2D eigenvalue weighted by Gasteiger charge is 2.24. The summed E-state index contributed by atoms with van der Waals surface area (Å²) in [6, 6.07) is 15.9. The summed E-state index contributed by atoms with van der Waals surface area (Å²) in [5.74, 6) is 0.716. The first-order chi connectivity index (χ1) is 13.6. The maximum absolute atomic E-state index is 12.4. The molecule has 1 atom stereocenters. The third kappa shape index (κ3) is 5.16. The summed E-state index contributed by atoms with van der Waals surface area (Å²) in [5, 5.41) is 5.92. The fourth-order valence-electron chi connectivity index (χ4n) is 3.57. The van der Waals surface area contributed by atoms with Crippen molar-refractivity contribution >= 4 is 17.4 Å². The van der Waals surface area contributed by atoms with Crippen LogP contribution in [0.15, 0.2) is 48.5 Å². The number of rotatable bonds is 7. The number of likely N-dealkylation sites (tertiary alicyclic amines) is 1. The molecule has 2 aromatic carbocycles. The van der Waals surface area contributed by atoms with Gasteiger partial charge in [-0.15, -0.1) is 0 Å². The Labute approximate surface area is 167 Å². The van der Waals surface area contributed by atoms with Crippen molar-refractivity contribution in [1.29, 1.82) is 0 Å². The van der Waals surface area contributed by atoms with E-state index >= 15 is 0 Å². The lowest BCUT2D eigenvalue weighted by atomic mass is 10.0. The predicted molar refractivity (Wildman–Crippen MR) is 114 cm³/mol. The third-order valence-corrected chi connectivity index (χ3v) is 5.16. The quantitative estimate of drug-likeness (QED) is 0.766. The van der Waals surface area contributed by atoms with Crippen molar-refractivity contribution in [3.63, 3.8) is 0 Å². The van der Waals surface area contributed by atoms with Crippen LogP contribution in [0.2, 0.25) is 0 Å². The van der Waals surface area contributed by atoms with E-state index in [2.05, 4.69) is 44.7 Å². The van der Waals surface area contributed by atoms with Crippen molar-refractivity contribution in [3.05, 3.63) is 54.1 Å². The lowest BCUT2D eigenvalue weighted by molar-refractivity contribution is 0.227. The highest BCUT2D eigenvalue weighted by Crippen LogP contribution is 2.26. The van der Waals surface area contributed by atoms with Crippen LogP contribution >= 0.6 is 0 Å². The molecular weight excluding hydrogens is 352 g/mol. The molecule has 2 N–H and O–H groups in total. The number of urea groups is 1. The number of amides is 2. The monoisotopic (exact) mass is 382 g/mol. The van der Waals surface area contributed by atoms with E-state index in [0.717, 1.165) is 13.1 Å². The van der Waals surface area contributed by atoms with Gasteiger partial charge in [-0.2, -0.15) is 0 Å². The molecule has 0 aromatic heterocycles. The maximum Gasteiger partial charge on any atom is 0.319 e. The van der Waals surface area contributed by atoms with Gasteiger partial charge in [0, 0.05) is 38.1 Å². The summed E-state index contributed by atoms with van der Waals surface area (Å²) in [5.41, 5.74) is 3.12. The fourth-order valence-corrected chi connectivity index (χ4v) is 3.57. The minimum atomic E-state index is -0.206. The van der Waals surface area contributed by atoms with Crippen molar-refractivity contribution in [2.75, 3.05) is 51.1 Å². The summed E-state index contributed by atoms with van der Waals surface area (Å²) in [7, 11) is 5.69. The van der Waals surface area contributed by atoms with Gasteiger partial charge in [-0.1, -0.05) is 18.2 Å². The number of anilines is 2. The number of carbonyl (C=O) groups excluding carboxylic acids is 1. The topological polar surface area (TPSA) is 56.8 Å². The van der Waals surface area contributed by atoms with Gasteiger partial charge in [0.1, 0.15) is 5.75 Å². The molecule has 0 saturated carbocycles. The number of hydrogen-bond acceptors (Lipinski definition) is 4. The average Bonchev–Trinajstić information content (AvgIpc) is 3.23. The second-order valence-corrected chi connectivity index (χ2v) is 7.31. The van der Waals surface area contributed by atoms with Crippen molar-refractivity contribution in [3.8, 4) is 5.75 Å². The molecule has 1 heterocycles. The van der Waals surface area contributed by atoms with Crippen LogP contribution in [0.4, 0.5) is 16.2 Å². The molecule has 0 spiro atoms. The van der Waals surface area contributed by atoms with Crippen LogP contribution in [-0.2, 0) is 0 Å². The van der Waals surface area contributed by atoms with Gasteiger partial charge in [0.05, 0.1) is 13.2 Å². The smallest absolute Gasteiger partial charge is 0.319 e. The Hall–Kier alpha value is -2.73. The molecule has 0 radical (unpaired) electrons. The Kier molecular flexibility index (Phi) is 6.76. The van der Waals surface area contributed by atoms with Crippen LogP contribution in [0.1, 0.15) is 24.4 Å². The number of hydrogen-bond donors (Lipinski definition) is 2. The maximum atomic E-state index is 12.4. The van der Waals surface area contributed by atoms with Crippen LogP contribution in [-0.4, -0.2) is 51.8 Å². The first-order valence-corrected chi connectivity index (χ1v) is 9.77. The van der Waals surface area contributed by atoms with Crippen molar-refractivity contribution < 1.29 is 9.53 Å². The second-order valence-electron chi connectivity index (χ2n) is 7.31. The van der Waals surface area contributed by atoms with Crippen LogP contribution in [0.5, 0.6) is 5.75 Å². The summed E-state index contributed by atoms with van der Waals surface area (Å²) < 4.78 is 5.20. The van der Waals surface area contributed by atoms with Crippen molar-refractivity contribution in [2.45, 2.75) is 18.9 Å². The first-order valence-electron chi connectivity index (χ1n) is 9.77. The molecule has 3 rings (SSSR count). The normalized spacial score (nSPS) is 15.1. The second kappa shape index (κ2) is 9.46. The van der Waals surface area contributed by atoms with Crippen molar-refractivity contribution in [1.82, 2.24) is 10.2 Å². The number of ether oxygens (including phenoxy) is 1. The Morgan fingerprint density at radius 2 is 1.86 bits per heavy atom. The van der Waals surface area contributed by atoms with E-state index in [0.29, 0.717) is 18.0 Å². The lowest BCUT2D eigenvalue weighted by Crippen LogP contribution is -2.38. The van der Waals surface area contributed by atoms with Gasteiger partial charge in [0.2, 0.25) is 0 Å². The number of nitrogens with one attached hydrogen (secondary N) is 2. The molecule has 1 unspecified atom stereocenters. The Morgan fingerprint density at radius 3 is 2.50 bits per heavy atom. The molecule has 1 aliphatic rings. The number of benzene rings is 2. The molecule has 2 aromatic rings. The highest BCUT2D eigenvalue weighted by molar-refractivity contribution is 5.89. The fraction of sp³-hybridized carbons (Fsp3) is 0.409. The van der Waals surface area contributed by atoms with E-state index < -0.39 is 0 Å². The summed E-state index contributed by atoms with van der Waals surface area (Å²) in [6.45, 7) is 2.70. The van der Waals surface area contributed by atoms with Gasteiger partial charge in [0.15, 0.2) is 0 Å². The average molecular weight is 383 g/mol. The largest absolute Gasteiger partial charge is 0.497 e. The highest BCUT2D eigenvalue weighted by atomic mass is 16.5. The van der Waals surface area contributed by atoms with E-state index in [1.54, 1.807) is 13.2 Å². The Morgan fingerprint density at radius 1 is 1.14 bits per heavy atom. The molecule has 150 valence electrons. The minimum Gasteiger partial charge on any atom is -0.497 e. The molecule has 0 aliphatic carbocycles. The molecule has 1 aliphatic heterocycles. The van der Waals surface area contributed by atoms with Gasteiger partial charge in [-0.25, -0.2) is 4.79 Å². The SMILES string of the molecule is COc1cccc(NC(=O)NCC(c2ccc(N(C)C)cc2)N2CCCC2)c1. The number of nitrogens with zero attached hydrogens (tertiary/aromatic N) is 2. The predicted octanol–water partition coefficient (Wildman–Crippen LogP) is 3.72. The standard InChI is InChI=1S/C22H30N4O2/c1-25(2)19-11-9-17(10-12-19)21(26-13-4-5-14-26)16-23-22(27)24-18-7-6-8-20(15-18)28-3/h6-12,15,21H,4-5,13-14,16H2,1-3H3,(H2,23,24,27). The van der Waals surface area contributed by atoms with Gasteiger partial charge in [0.25, 0.3) is 0 Å². The lowest BCUT2D eigenvalue weighted by Gasteiger charge is -2.28. The molecule has 2 amide bonds. The van der Waals surface area contributed by atoms with Gasteiger partial charge >= 0.3 is 6.03 Å². The number of carbonyl (C=O) groups is 1. The Balaban J connectivity index is 1.65. The van der Waals surface area contributed by atoms with E-state index in [9.17, 15) is 4.79 Å². The molecule has 28 heavy (non-hydrogen) atoms. The van der Waals surface area contributed by atoms with E-state index in [1.165, 1.54) is 24.1 Å². The molecular formula is C22H30N4O2. The molecule has 0 bridgehead atoms. The molecule has 1 fully saturated rings. The molecule has 6 nitrogen and oxygen atoms in total. The van der Waals surface area contributed by atoms with E-state index in [-0.39, 0.29) is 12.1 Å². The number of methoxy groups -OCH3 is 1. The minimum absolute atomic E-state index is 0.176. The van der Waals surface area contributed by atoms with Crippen LogP contribution in [0.25, 0.3) is 0 Å². The summed E-state index contributed by atoms with van der Waals surface area (Å²) in [4.78, 5) is 17.0. The van der Waals surface area contributed by atoms with Crippen LogP contribution in [0, 0.1) is 0 Å². The summed E-state index contributed by atoms with van der Waals surface area (Å²) in [6.07, 6.45) is 2.42. The summed E-state index contributed by atoms with van der Waals surface area (Å²) >= 11 is 0. The van der Waals surface area contributed by atoms with Crippen LogP contribution < -0.4 is 20.3 Å². The zero-order valence-electron chi connectivity index (χ0n) is 16.9. The van der Waals surface area contributed by atoms with Crippen LogP contribution in [0.3, 0.4) is 0 Å². The van der Waals surface area contributed by atoms with Gasteiger partial charge in [-0.05, 0) is 55.8 Å². The Bertz CT molecular complexity index is 770. The zero-order chi connectivity index (χ0) is 19.9. The molecule has 6 heteroatoms. The third-order valence-electron chi connectivity index (χ3n) is 5.16. The van der Waals surface area contributed by atoms with E-state index in [1.807, 2.05) is 32.3 Å². The van der Waals surface area contributed by atoms with Crippen molar-refractivity contribution in [2.24, 2.45) is 0 Å².